The Morgan fingerprint density at radius 1 is 1.03 bits per heavy atom. The van der Waals surface area contributed by atoms with Crippen LogP contribution >= 0.6 is 0 Å². The molecular formula is C21H28N4O5. The first-order valence-corrected chi connectivity index (χ1v) is 9.93. The molecule has 1 fully saturated rings. The van der Waals surface area contributed by atoms with E-state index in [-0.39, 0.29) is 12.5 Å². The number of anilines is 2. The second-order valence-electron chi connectivity index (χ2n) is 6.80. The van der Waals surface area contributed by atoms with Crippen molar-refractivity contribution in [2.75, 3.05) is 51.2 Å². The van der Waals surface area contributed by atoms with Crippen LogP contribution in [0.15, 0.2) is 18.2 Å². The third-order valence-electron chi connectivity index (χ3n) is 4.79. The number of aromatic nitrogens is 2. The maximum atomic E-state index is 12.4. The molecule has 3 rings (SSSR count). The summed E-state index contributed by atoms with van der Waals surface area (Å²) in [5.41, 5.74) is 1.39. The van der Waals surface area contributed by atoms with Gasteiger partial charge in [-0.3, -0.25) is 4.79 Å². The maximum Gasteiger partial charge on any atom is 0.262 e. The SMILES string of the molecule is CCc1cc(OCC(=O)Nc2cc(OC)c(OC)c(OC)c2)nc(N2CCCC2)n1. The molecular weight excluding hydrogens is 388 g/mol. The number of nitrogens with zero attached hydrogens (tertiary/aromatic N) is 3. The predicted molar refractivity (Wildman–Crippen MR) is 113 cm³/mol. The largest absolute Gasteiger partial charge is 0.493 e. The van der Waals surface area contributed by atoms with E-state index in [1.54, 1.807) is 18.2 Å². The van der Waals surface area contributed by atoms with Gasteiger partial charge in [-0.15, -0.1) is 0 Å². The summed E-state index contributed by atoms with van der Waals surface area (Å²) in [7, 11) is 4.56. The first-order valence-electron chi connectivity index (χ1n) is 9.93. The molecule has 0 spiro atoms. The normalized spacial score (nSPS) is 13.1. The number of carbonyl (C=O) groups is 1. The molecule has 1 amide bonds. The van der Waals surface area contributed by atoms with Crippen molar-refractivity contribution in [3.63, 3.8) is 0 Å². The van der Waals surface area contributed by atoms with Gasteiger partial charge in [0.05, 0.1) is 21.3 Å². The van der Waals surface area contributed by atoms with Crippen LogP contribution in [-0.2, 0) is 11.2 Å². The van der Waals surface area contributed by atoms with Crippen LogP contribution in [-0.4, -0.2) is 56.9 Å². The molecule has 0 radical (unpaired) electrons. The van der Waals surface area contributed by atoms with Gasteiger partial charge in [-0.05, 0) is 19.3 Å². The molecule has 1 aromatic carbocycles. The molecule has 2 heterocycles. The lowest BCUT2D eigenvalue weighted by atomic mass is 10.2. The summed E-state index contributed by atoms with van der Waals surface area (Å²) in [6.07, 6.45) is 3.03. The van der Waals surface area contributed by atoms with Gasteiger partial charge in [0, 0.05) is 42.7 Å². The van der Waals surface area contributed by atoms with E-state index in [0.717, 1.165) is 38.0 Å². The summed E-state index contributed by atoms with van der Waals surface area (Å²) in [6.45, 7) is 3.72. The number of aryl methyl sites for hydroxylation is 1. The molecule has 0 bridgehead atoms. The first kappa shape index (κ1) is 21.5. The highest BCUT2D eigenvalue weighted by Gasteiger charge is 2.18. The van der Waals surface area contributed by atoms with Gasteiger partial charge in [-0.2, -0.15) is 4.98 Å². The molecule has 1 aliphatic heterocycles. The van der Waals surface area contributed by atoms with E-state index in [1.807, 2.05) is 6.92 Å². The Morgan fingerprint density at radius 2 is 1.70 bits per heavy atom. The lowest BCUT2D eigenvalue weighted by Gasteiger charge is -2.17. The molecule has 0 atom stereocenters. The average Bonchev–Trinajstić information content (AvgIpc) is 3.31. The fourth-order valence-electron chi connectivity index (χ4n) is 3.26. The van der Waals surface area contributed by atoms with Crippen LogP contribution in [0.5, 0.6) is 23.1 Å². The van der Waals surface area contributed by atoms with Gasteiger partial charge in [0.1, 0.15) is 0 Å². The number of hydrogen-bond acceptors (Lipinski definition) is 8. The highest BCUT2D eigenvalue weighted by Crippen LogP contribution is 2.39. The molecule has 1 N–H and O–H groups in total. The molecule has 0 saturated carbocycles. The second kappa shape index (κ2) is 10.00. The zero-order valence-corrected chi connectivity index (χ0v) is 17.9. The number of benzene rings is 1. The average molecular weight is 416 g/mol. The lowest BCUT2D eigenvalue weighted by molar-refractivity contribution is -0.118. The highest BCUT2D eigenvalue weighted by atomic mass is 16.5. The number of methoxy groups -OCH3 is 3. The van der Waals surface area contributed by atoms with Crippen molar-refractivity contribution in [3.05, 3.63) is 23.9 Å². The molecule has 1 aliphatic rings. The third-order valence-corrected chi connectivity index (χ3v) is 4.79. The van der Waals surface area contributed by atoms with Crippen LogP contribution < -0.4 is 29.2 Å². The summed E-state index contributed by atoms with van der Waals surface area (Å²) >= 11 is 0. The van der Waals surface area contributed by atoms with Gasteiger partial charge in [0.25, 0.3) is 5.91 Å². The van der Waals surface area contributed by atoms with Crippen LogP contribution in [0.3, 0.4) is 0 Å². The number of nitrogens with one attached hydrogen (secondary N) is 1. The van der Waals surface area contributed by atoms with Crippen molar-refractivity contribution in [1.82, 2.24) is 9.97 Å². The van der Waals surface area contributed by atoms with Crippen LogP contribution in [0.1, 0.15) is 25.5 Å². The Labute approximate surface area is 176 Å². The van der Waals surface area contributed by atoms with E-state index in [0.29, 0.717) is 34.8 Å². The van der Waals surface area contributed by atoms with Crippen molar-refractivity contribution < 1.29 is 23.7 Å². The Bertz CT molecular complexity index is 859. The summed E-state index contributed by atoms with van der Waals surface area (Å²) < 4.78 is 21.6. The van der Waals surface area contributed by atoms with E-state index in [4.69, 9.17) is 18.9 Å². The van der Waals surface area contributed by atoms with E-state index in [1.165, 1.54) is 21.3 Å². The Kier molecular flexibility index (Phi) is 7.16. The van der Waals surface area contributed by atoms with E-state index in [9.17, 15) is 4.79 Å². The monoisotopic (exact) mass is 416 g/mol. The van der Waals surface area contributed by atoms with Crippen molar-refractivity contribution in [2.45, 2.75) is 26.2 Å². The smallest absolute Gasteiger partial charge is 0.262 e. The zero-order chi connectivity index (χ0) is 21.5. The summed E-state index contributed by atoms with van der Waals surface area (Å²) in [5, 5.41) is 2.78. The molecule has 9 nitrogen and oxygen atoms in total. The lowest BCUT2D eigenvalue weighted by Crippen LogP contribution is -2.23. The zero-order valence-electron chi connectivity index (χ0n) is 17.9. The number of amides is 1. The standard InChI is InChI=1S/C21H28N4O5/c1-5-14-12-19(24-21(23-14)25-8-6-7-9-25)30-13-18(26)22-15-10-16(27-2)20(29-4)17(11-15)28-3/h10-12H,5-9,13H2,1-4H3,(H,22,26). The first-order chi connectivity index (χ1) is 14.6. The summed E-state index contributed by atoms with van der Waals surface area (Å²) in [6, 6.07) is 5.08. The summed E-state index contributed by atoms with van der Waals surface area (Å²) in [5.74, 6) is 2.08. The number of carbonyl (C=O) groups excluding carboxylic acids is 1. The number of hydrogen-bond donors (Lipinski definition) is 1. The van der Waals surface area contributed by atoms with Gasteiger partial charge in [-0.25, -0.2) is 4.98 Å². The fraction of sp³-hybridized carbons (Fsp3) is 0.476. The second-order valence-corrected chi connectivity index (χ2v) is 6.80. The van der Waals surface area contributed by atoms with Crippen molar-refractivity contribution in [3.8, 4) is 23.1 Å². The van der Waals surface area contributed by atoms with Crippen molar-refractivity contribution in [1.29, 1.82) is 0 Å². The third kappa shape index (κ3) is 5.03. The van der Waals surface area contributed by atoms with Gasteiger partial charge in [-0.1, -0.05) is 6.92 Å². The molecule has 0 unspecified atom stereocenters. The maximum absolute atomic E-state index is 12.4. The van der Waals surface area contributed by atoms with Gasteiger partial charge >= 0.3 is 0 Å². The van der Waals surface area contributed by atoms with E-state index in [2.05, 4.69) is 20.2 Å². The molecule has 2 aromatic rings. The van der Waals surface area contributed by atoms with E-state index >= 15 is 0 Å². The van der Waals surface area contributed by atoms with Crippen LogP contribution in [0, 0.1) is 0 Å². The van der Waals surface area contributed by atoms with Crippen molar-refractivity contribution in [2.24, 2.45) is 0 Å². The van der Waals surface area contributed by atoms with Gasteiger partial charge in [0.2, 0.25) is 17.6 Å². The number of rotatable bonds is 9. The molecule has 0 aliphatic carbocycles. The molecule has 1 aromatic heterocycles. The van der Waals surface area contributed by atoms with Crippen LogP contribution in [0.4, 0.5) is 11.6 Å². The molecule has 162 valence electrons. The van der Waals surface area contributed by atoms with Gasteiger partial charge < -0.3 is 29.2 Å². The topological polar surface area (TPSA) is 95.0 Å². The highest BCUT2D eigenvalue weighted by molar-refractivity contribution is 5.92. The number of ether oxygens (including phenoxy) is 4. The quantitative estimate of drug-likeness (QED) is 0.667. The molecule has 30 heavy (non-hydrogen) atoms. The predicted octanol–water partition coefficient (Wildman–Crippen LogP) is 2.68. The summed E-state index contributed by atoms with van der Waals surface area (Å²) in [4.78, 5) is 23.6. The van der Waals surface area contributed by atoms with Crippen molar-refractivity contribution >= 4 is 17.5 Å². The minimum Gasteiger partial charge on any atom is -0.493 e. The van der Waals surface area contributed by atoms with E-state index < -0.39 is 0 Å². The van der Waals surface area contributed by atoms with Gasteiger partial charge in [0.15, 0.2) is 18.1 Å². The fourth-order valence-corrected chi connectivity index (χ4v) is 3.26. The Balaban J connectivity index is 1.68. The minimum absolute atomic E-state index is 0.184. The Hall–Kier alpha value is -3.23. The van der Waals surface area contributed by atoms with Crippen LogP contribution in [0.2, 0.25) is 0 Å². The minimum atomic E-state index is -0.330. The molecule has 1 saturated heterocycles. The van der Waals surface area contributed by atoms with Crippen LogP contribution in [0.25, 0.3) is 0 Å². The Morgan fingerprint density at radius 3 is 2.27 bits per heavy atom. The molecule has 9 heteroatoms.